The number of furan rings is 1. The highest BCUT2D eigenvalue weighted by Crippen LogP contribution is 2.32. The van der Waals surface area contributed by atoms with Crippen LogP contribution in [0, 0.1) is 0 Å². The molecule has 3 atom stereocenters. The van der Waals surface area contributed by atoms with Crippen molar-refractivity contribution in [2.24, 2.45) is 0 Å². The van der Waals surface area contributed by atoms with Crippen molar-refractivity contribution in [1.29, 1.82) is 0 Å². The molecule has 0 amide bonds. The molecule has 0 spiro atoms. The van der Waals surface area contributed by atoms with Crippen LogP contribution in [0.2, 0.25) is 0 Å². The zero-order chi connectivity index (χ0) is 13.8. The maximum atomic E-state index is 6.18. The van der Waals surface area contributed by atoms with E-state index in [0.717, 1.165) is 25.9 Å². The second kappa shape index (κ2) is 6.57. The zero-order valence-electron chi connectivity index (χ0n) is 11.9. The molecule has 4 nitrogen and oxygen atoms in total. The molecule has 0 saturated carbocycles. The number of fused-ring (bicyclic) bond motifs is 1. The molecular formula is C16H23NO3. The van der Waals surface area contributed by atoms with Crippen LogP contribution in [0.5, 0.6) is 0 Å². The molecule has 2 saturated heterocycles. The molecule has 2 fully saturated rings. The molecule has 1 aromatic rings. The van der Waals surface area contributed by atoms with Gasteiger partial charge in [0.25, 0.3) is 0 Å². The third-order valence-corrected chi connectivity index (χ3v) is 4.26. The molecule has 0 radical (unpaired) electrons. The summed E-state index contributed by atoms with van der Waals surface area (Å²) >= 11 is 0. The highest BCUT2D eigenvalue weighted by Gasteiger charge is 2.39. The van der Waals surface area contributed by atoms with E-state index < -0.39 is 0 Å². The lowest BCUT2D eigenvalue weighted by Crippen LogP contribution is -2.43. The van der Waals surface area contributed by atoms with Crippen molar-refractivity contribution in [3.63, 3.8) is 0 Å². The minimum atomic E-state index is 0.255. The zero-order valence-corrected chi connectivity index (χ0v) is 11.9. The van der Waals surface area contributed by atoms with Crippen LogP contribution < -0.4 is 0 Å². The lowest BCUT2D eigenvalue weighted by atomic mass is 9.99. The Morgan fingerprint density at radius 1 is 1.40 bits per heavy atom. The van der Waals surface area contributed by atoms with E-state index in [-0.39, 0.29) is 6.10 Å². The molecule has 3 heterocycles. The first kappa shape index (κ1) is 13.9. The van der Waals surface area contributed by atoms with Crippen LogP contribution in [0.15, 0.2) is 35.7 Å². The van der Waals surface area contributed by atoms with Crippen LogP contribution in [-0.2, 0) is 16.0 Å². The van der Waals surface area contributed by atoms with E-state index >= 15 is 0 Å². The SMILES string of the molecule is C=CCOC[C@H]1CC[C@@H]2[C@@H](CCN2Cc2ccoc2)O1. The van der Waals surface area contributed by atoms with Gasteiger partial charge in [-0.2, -0.15) is 0 Å². The first-order valence-electron chi connectivity index (χ1n) is 7.46. The number of ether oxygens (including phenoxy) is 2. The summed E-state index contributed by atoms with van der Waals surface area (Å²) in [4.78, 5) is 2.52. The van der Waals surface area contributed by atoms with Gasteiger partial charge in [-0.25, -0.2) is 0 Å². The number of hydrogen-bond donors (Lipinski definition) is 0. The number of likely N-dealkylation sites (tertiary alicyclic amines) is 1. The van der Waals surface area contributed by atoms with Gasteiger partial charge < -0.3 is 13.9 Å². The normalized spacial score (nSPS) is 30.3. The largest absolute Gasteiger partial charge is 0.472 e. The highest BCUT2D eigenvalue weighted by atomic mass is 16.5. The van der Waals surface area contributed by atoms with E-state index in [0.29, 0.717) is 25.4 Å². The highest BCUT2D eigenvalue weighted by molar-refractivity contribution is 5.07. The average molecular weight is 277 g/mol. The van der Waals surface area contributed by atoms with Crippen LogP contribution in [0.25, 0.3) is 0 Å². The third kappa shape index (κ3) is 3.14. The molecule has 20 heavy (non-hydrogen) atoms. The number of rotatable bonds is 6. The van der Waals surface area contributed by atoms with Crippen LogP contribution in [0.3, 0.4) is 0 Å². The van der Waals surface area contributed by atoms with Crippen molar-refractivity contribution in [3.05, 3.63) is 36.8 Å². The lowest BCUT2D eigenvalue weighted by molar-refractivity contribution is -0.0971. The Labute approximate surface area is 120 Å². The second-order valence-corrected chi connectivity index (χ2v) is 5.66. The summed E-state index contributed by atoms with van der Waals surface area (Å²) in [6.45, 7) is 7.05. The van der Waals surface area contributed by atoms with Crippen molar-refractivity contribution in [2.45, 2.75) is 44.1 Å². The quantitative estimate of drug-likeness (QED) is 0.591. The third-order valence-electron chi connectivity index (χ3n) is 4.26. The lowest BCUT2D eigenvalue weighted by Gasteiger charge is -2.35. The molecule has 4 heteroatoms. The number of hydrogen-bond acceptors (Lipinski definition) is 4. The minimum Gasteiger partial charge on any atom is -0.472 e. The topological polar surface area (TPSA) is 34.8 Å². The molecule has 0 aliphatic carbocycles. The Morgan fingerprint density at radius 3 is 3.15 bits per heavy atom. The van der Waals surface area contributed by atoms with E-state index in [1.54, 1.807) is 12.3 Å². The fourth-order valence-corrected chi connectivity index (χ4v) is 3.30. The summed E-state index contributed by atoms with van der Waals surface area (Å²) in [7, 11) is 0. The van der Waals surface area contributed by atoms with Gasteiger partial charge in [0.2, 0.25) is 0 Å². The van der Waals surface area contributed by atoms with Gasteiger partial charge in [0, 0.05) is 24.7 Å². The minimum absolute atomic E-state index is 0.255. The summed E-state index contributed by atoms with van der Waals surface area (Å²) in [5.41, 5.74) is 1.25. The predicted molar refractivity (Wildman–Crippen MR) is 76.4 cm³/mol. The maximum Gasteiger partial charge on any atom is 0.0947 e. The van der Waals surface area contributed by atoms with E-state index in [9.17, 15) is 0 Å². The predicted octanol–water partition coefficient (Wildman–Crippen LogP) is 2.60. The van der Waals surface area contributed by atoms with Crippen LogP contribution in [-0.4, -0.2) is 42.9 Å². The Kier molecular flexibility index (Phi) is 4.55. The Hall–Kier alpha value is -1.10. The van der Waals surface area contributed by atoms with Crippen LogP contribution in [0.1, 0.15) is 24.8 Å². The first-order valence-corrected chi connectivity index (χ1v) is 7.46. The fourth-order valence-electron chi connectivity index (χ4n) is 3.30. The first-order chi connectivity index (χ1) is 9.86. The summed E-state index contributed by atoms with van der Waals surface area (Å²) in [6, 6.07) is 2.60. The van der Waals surface area contributed by atoms with E-state index in [2.05, 4.69) is 11.5 Å². The molecule has 0 bridgehead atoms. The van der Waals surface area contributed by atoms with E-state index in [4.69, 9.17) is 13.9 Å². The monoisotopic (exact) mass is 277 g/mol. The van der Waals surface area contributed by atoms with Crippen molar-refractivity contribution in [1.82, 2.24) is 4.90 Å². The van der Waals surface area contributed by atoms with E-state index in [1.807, 2.05) is 12.3 Å². The van der Waals surface area contributed by atoms with Gasteiger partial charge in [0.05, 0.1) is 37.9 Å². The molecule has 3 rings (SSSR count). The van der Waals surface area contributed by atoms with Gasteiger partial charge in [-0.1, -0.05) is 6.08 Å². The molecule has 2 aliphatic heterocycles. The molecule has 1 aromatic heterocycles. The second-order valence-electron chi connectivity index (χ2n) is 5.66. The fraction of sp³-hybridized carbons (Fsp3) is 0.625. The summed E-state index contributed by atoms with van der Waals surface area (Å²) in [6.07, 6.45) is 9.40. The van der Waals surface area contributed by atoms with Gasteiger partial charge in [0.1, 0.15) is 0 Å². The van der Waals surface area contributed by atoms with E-state index in [1.165, 1.54) is 12.0 Å². The van der Waals surface area contributed by atoms with Gasteiger partial charge in [-0.05, 0) is 25.3 Å². The average Bonchev–Trinajstić information content (AvgIpc) is 3.10. The summed E-state index contributed by atoms with van der Waals surface area (Å²) < 4.78 is 16.8. The molecule has 0 aromatic carbocycles. The maximum absolute atomic E-state index is 6.18. The summed E-state index contributed by atoms with van der Waals surface area (Å²) in [5.74, 6) is 0. The molecule has 2 aliphatic rings. The van der Waals surface area contributed by atoms with Gasteiger partial charge in [0.15, 0.2) is 0 Å². The molecule has 0 N–H and O–H groups in total. The Morgan fingerprint density at radius 2 is 2.35 bits per heavy atom. The van der Waals surface area contributed by atoms with Gasteiger partial charge >= 0.3 is 0 Å². The molecule has 110 valence electrons. The van der Waals surface area contributed by atoms with Crippen molar-refractivity contribution in [3.8, 4) is 0 Å². The van der Waals surface area contributed by atoms with Gasteiger partial charge in [-0.3, -0.25) is 4.90 Å². The van der Waals surface area contributed by atoms with Crippen molar-refractivity contribution < 1.29 is 13.9 Å². The number of nitrogens with zero attached hydrogens (tertiary/aromatic N) is 1. The Balaban J connectivity index is 1.50. The van der Waals surface area contributed by atoms with Crippen molar-refractivity contribution in [2.75, 3.05) is 19.8 Å². The standard InChI is InChI=1S/C16H23NO3/c1-2-8-18-12-14-3-4-15-16(20-14)5-7-17(15)10-13-6-9-19-11-13/h2,6,9,11,14-16H,1,3-5,7-8,10,12H2/t14-,15-,16-/m1/s1. The Bertz CT molecular complexity index is 417. The van der Waals surface area contributed by atoms with Crippen LogP contribution in [0.4, 0.5) is 0 Å². The molecule has 0 unspecified atom stereocenters. The van der Waals surface area contributed by atoms with Gasteiger partial charge in [-0.15, -0.1) is 6.58 Å². The van der Waals surface area contributed by atoms with Crippen molar-refractivity contribution >= 4 is 0 Å². The molecular weight excluding hydrogens is 254 g/mol. The smallest absolute Gasteiger partial charge is 0.0947 e. The summed E-state index contributed by atoms with van der Waals surface area (Å²) in [5, 5.41) is 0. The van der Waals surface area contributed by atoms with Crippen LogP contribution >= 0.6 is 0 Å².